The van der Waals surface area contributed by atoms with Gasteiger partial charge in [-0.2, -0.15) is 0 Å². The summed E-state index contributed by atoms with van der Waals surface area (Å²) < 4.78 is 0. The van der Waals surface area contributed by atoms with Crippen LogP contribution in [0.25, 0.3) is 0 Å². The molecule has 1 aromatic carbocycles. The minimum atomic E-state index is 0.730. The number of aromatic nitrogens is 2. The summed E-state index contributed by atoms with van der Waals surface area (Å²) in [6.45, 7) is 1.85. The van der Waals surface area contributed by atoms with Crippen molar-refractivity contribution < 1.29 is 0 Å². The molecule has 0 unspecified atom stereocenters. The van der Waals surface area contributed by atoms with Gasteiger partial charge in [0.25, 0.3) is 0 Å². The van der Waals surface area contributed by atoms with Crippen molar-refractivity contribution in [2.75, 3.05) is 11.1 Å². The third-order valence-corrected chi connectivity index (χ3v) is 1.96. The zero-order chi connectivity index (χ0) is 10.7. The quantitative estimate of drug-likeness (QED) is 0.729. The van der Waals surface area contributed by atoms with Gasteiger partial charge in [0.05, 0.1) is 18.1 Å². The molecule has 0 fully saturated rings. The van der Waals surface area contributed by atoms with E-state index in [1.54, 1.807) is 12.4 Å². The fourth-order valence-corrected chi connectivity index (χ4v) is 1.24. The van der Waals surface area contributed by atoms with E-state index < -0.39 is 0 Å². The van der Waals surface area contributed by atoms with Crippen LogP contribution in [0.15, 0.2) is 36.7 Å². The van der Waals surface area contributed by atoms with Crippen LogP contribution in [0.1, 0.15) is 5.82 Å². The molecule has 0 spiro atoms. The number of benzene rings is 1. The molecule has 2 rings (SSSR count). The summed E-state index contributed by atoms with van der Waals surface area (Å²) in [6.07, 6.45) is 3.48. The maximum absolute atomic E-state index is 5.67. The third-order valence-electron chi connectivity index (χ3n) is 1.96. The molecule has 15 heavy (non-hydrogen) atoms. The number of rotatable bonds is 2. The van der Waals surface area contributed by atoms with Crippen molar-refractivity contribution in [3.63, 3.8) is 0 Å². The van der Waals surface area contributed by atoms with Crippen LogP contribution in [-0.2, 0) is 0 Å². The first-order valence-electron chi connectivity index (χ1n) is 4.65. The Morgan fingerprint density at radius 2 is 1.87 bits per heavy atom. The lowest BCUT2D eigenvalue weighted by molar-refractivity contribution is 1.05. The number of nitrogens with one attached hydrogen (secondary N) is 1. The molecule has 76 valence electrons. The van der Waals surface area contributed by atoms with Gasteiger partial charge in [-0.3, -0.25) is 0 Å². The second-order valence-corrected chi connectivity index (χ2v) is 3.27. The predicted molar refractivity (Wildman–Crippen MR) is 60.9 cm³/mol. The minimum absolute atomic E-state index is 0.730. The zero-order valence-corrected chi connectivity index (χ0v) is 8.44. The topological polar surface area (TPSA) is 63.8 Å². The molecule has 4 heteroatoms. The fourth-order valence-electron chi connectivity index (χ4n) is 1.24. The Kier molecular flexibility index (Phi) is 2.49. The van der Waals surface area contributed by atoms with Crippen molar-refractivity contribution in [3.8, 4) is 0 Å². The molecule has 1 heterocycles. The predicted octanol–water partition coefficient (Wildman–Crippen LogP) is 2.11. The Hall–Kier alpha value is -2.10. The number of hydrogen-bond acceptors (Lipinski definition) is 4. The summed E-state index contributed by atoms with van der Waals surface area (Å²) in [5.74, 6) is 0.758. The highest BCUT2D eigenvalue weighted by Gasteiger charge is 1.95. The Morgan fingerprint density at radius 1 is 1.13 bits per heavy atom. The normalized spacial score (nSPS) is 9.93. The van der Waals surface area contributed by atoms with Gasteiger partial charge in [0.15, 0.2) is 0 Å². The van der Waals surface area contributed by atoms with Crippen LogP contribution in [0.2, 0.25) is 0 Å². The van der Waals surface area contributed by atoms with Crippen molar-refractivity contribution in [1.82, 2.24) is 9.97 Å². The molecule has 0 saturated heterocycles. The highest BCUT2D eigenvalue weighted by molar-refractivity contribution is 5.62. The lowest BCUT2D eigenvalue weighted by atomic mass is 10.3. The van der Waals surface area contributed by atoms with Gasteiger partial charge in [0.2, 0.25) is 0 Å². The number of nitrogens with zero attached hydrogens (tertiary/aromatic N) is 2. The van der Waals surface area contributed by atoms with E-state index in [2.05, 4.69) is 15.3 Å². The highest BCUT2D eigenvalue weighted by atomic mass is 14.9. The largest absolute Gasteiger partial charge is 0.399 e. The lowest BCUT2D eigenvalue weighted by Crippen LogP contribution is -1.94. The molecule has 4 nitrogen and oxygen atoms in total. The summed E-state index contributed by atoms with van der Waals surface area (Å²) in [5.41, 5.74) is 8.18. The molecule has 0 aliphatic carbocycles. The van der Waals surface area contributed by atoms with E-state index in [1.807, 2.05) is 31.2 Å². The summed E-state index contributed by atoms with van der Waals surface area (Å²) in [4.78, 5) is 8.19. The maximum Gasteiger partial charge on any atom is 0.125 e. The maximum atomic E-state index is 5.67. The van der Waals surface area contributed by atoms with Gasteiger partial charge in [-0.15, -0.1) is 0 Å². The van der Waals surface area contributed by atoms with Gasteiger partial charge in [0.1, 0.15) is 5.82 Å². The molecule has 0 aliphatic rings. The highest BCUT2D eigenvalue weighted by Crippen LogP contribution is 2.16. The first-order chi connectivity index (χ1) is 7.24. The van der Waals surface area contributed by atoms with Crippen LogP contribution in [0.4, 0.5) is 17.1 Å². The van der Waals surface area contributed by atoms with E-state index in [0.29, 0.717) is 0 Å². The average Bonchev–Trinajstić information content (AvgIpc) is 2.22. The van der Waals surface area contributed by atoms with Gasteiger partial charge in [-0.1, -0.05) is 6.07 Å². The average molecular weight is 200 g/mol. The molecule has 0 atom stereocenters. The van der Waals surface area contributed by atoms with Crippen LogP contribution in [-0.4, -0.2) is 9.97 Å². The van der Waals surface area contributed by atoms with Crippen LogP contribution in [0.3, 0.4) is 0 Å². The molecule has 1 aromatic heterocycles. The molecule has 2 aromatic rings. The van der Waals surface area contributed by atoms with E-state index >= 15 is 0 Å². The number of nitrogen functional groups attached to an aromatic ring is 1. The number of anilines is 3. The van der Waals surface area contributed by atoms with Crippen LogP contribution < -0.4 is 11.1 Å². The van der Waals surface area contributed by atoms with Crippen molar-refractivity contribution in [2.45, 2.75) is 6.92 Å². The SMILES string of the molecule is Cc1ncc(Nc2cccc(N)c2)cn1. The lowest BCUT2D eigenvalue weighted by Gasteiger charge is -2.05. The number of aryl methyl sites for hydroxylation is 1. The Labute approximate surface area is 88.2 Å². The number of hydrogen-bond donors (Lipinski definition) is 2. The van der Waals surface area contributed by atoms with E-state index in [9.17, 15) is 0 Å². The fraction of sp³-hybridized carbons (Fsp3) is 0.0909. The monoisotopic (exact) mass is 200 g/mol. The van der Waals surface area contributed by atoms with Gasteiger partial charge in [-0.05, 0) is 25.1 Å². The second kappa shape index (κ2) is 3.96. The van der Waals surface area contributed by atoms with Crippen molar-refractivity contribution in [1.29, 1.82) is 0 Å². The smallest absolute Gasteiger partial charge is 0.125 e. The Balaban J connectivity index is 2.18. The van der Waals surface area contributed by atoms with E-state index in [1.165, 1.54) is 0 Å². The standard InChI is InChI=1S/C11H12N4/c1-8-13-6-11(7-14-8)15-10-4-2-3-9(12)5-10/h2-7,15H,12H2,1H3. The van der Waals surface area contributed by atoms with Gasteiger partial charge >= 0.3 is 0 Å². The van der Waals surface area contributed by atoms with Gasteiger partial charge < -0.3 is 11.1 Å². The van der Waals surface area contributed by atoms with E-state index in [4.69, 9.17) is 5.73 Å². The third kappa shape index (κ3) is 2.43. The first-order valence-corrected chi connectivity index (χ1v) is 4.65. The molecule has 0 bridgehead atoms. The van der Waals surface area contributed by atoms with Gasteiger partial charge in [-0.25, -0.2) is 9.97 Å². The van der Waals surface area contributed by atoms with Crippen LogP contribution in [0.5, 0.6) is 0 Å². The van der Waals surface area contributed by atoms with Crippen LogP contribution >= 0.6 is 0 Å². The zero-order valence-electron chi connectivity index (χ0n) is 8.44. The second-order valence-electron chi connectivity index (χ2n) is 3.27. The van der Waals surface area contributed by atoms with Crippen LogP contribution in [0, 0.1) is 6.92 Å². The molecule has 0 aliphatic heterocycles. The van der Waals surface area contributed by atoms with Crippen molar-refractivity contribution in [2.24, 2.45) is 0 Å². The molecule has 0 amide bonds. The molecule has 3 N–H and O–H groups in total. The molecule has 0 saturated carbocycles. The molecule has 0 radical (unpaired) electrons. The summed E-state index contributed by atoms with van der Waals surface area (Å²) >= 11 is 0. The van der Waals surface area contributed by atoms with E-state index in [-0.39, 0.29) is 0 Å². The molecular formula is C11H12N4. The summed E-state index contributed by atoms with van der Waals surface area (Å²) in [6, 6.07) is 7.54. The summed E-state index contributed by atoms with van der Waals surface area (Å²) in [7, 11) is 0. The van der Waals surface area contributed by atoms with Crippen molar-refractivity contribution in [3.05, 3.63) is 42.5 Å². The van der Waals surface area contributed by atoms with Gasteiger partial charge in [0, 0.05) is 11.4 Å². The Bertz CT molecular complexity index is 450. The molecular weight excluding hydrogens is 188 g/mol. The minimum Gasteiger partial charge on any atom is -0.399 e. The van der Waals surface area contributed by atoms with Crippen molar-refractivity contribution >= 4 is 17.1 Å². The van der Waals surface area contributed by atoms with E-state index in [0.717, 1.165) is 22.9 Å². The summed E-state index contributed by atoms with van der Waals surface area (Å²) in [5, 5.41) is 3.17. The number of nitrogens with two attached hydrogens (primary N) is 1. The first kappa shape index (κ1) is 9.45. The Morgan fingerprint density at radius 3 is 2.53 bits per heavy atom.